The second-order valence-corrected chi connectivity index (χ2v) is 10.1. The van der Waals surface area contributed by atoms with Crippen molar-refractivity contribution in [1.82, 2.24) is 16.0 Å². The van der Waals surface area contributed by atoms with Crippen LogP contribution in [0, 0.1) is 5.92 Å². The molecule has 0 saturated heterocycles. The van der Waals surface area contributed by atoms with Crippen molar-refractivity contribution in [3.05, 3.63) is 29.8 Å². The number of primary amides is 1. The summed E-state index contributed by atoms with van der Waals surface area (Å²) in [5.41, 5.74) is 11.6. The molecule has 0 radical (unpaired) electrons. The summed E-state index contributed by atoms with van der Waals surface area (Å²) >= 11 is 1.45. The van der Waals surface area contributed by atoms with Gasteiger partial charge in [0.2, 0.25) is 23.6 Å². The Balaban J connectivity index is 3.14. The minimum atomic E-state index is -1.20. The molecule has 1 rings (SSSR count). The summed E-state index contributed by atoms with van der Waals surface area (Å²) in [6.45, 7) is 3.50. The van der Waals surface area contributed by atoms with Gasteiger partial charge in [-0.15, -0.1) is 0 Å². The van der Waals surface area contributed by atoms with Crippen LogP contribution >= 0.6 is 11.8 Å². The third kappa shape index (κ3) is 11.4. The van der Waals surface area contributed by atoms with Gasteiger partial charge < -0.3 is 37.6 Å². The quantitative estimate of drug-likeness (QED) is 0.137. The van der Waals surface area contributed by atoms with Gasteiger partial charge in [-0.2, -0.15) is 11.8 Å². The third-order valence-corrected chi connectivity index (χ3v) is 6.71. The number of rotatable bonds is 17. The Kier molecular flexibility index (Phi) is 14.2. The highest BCUT2D eigenvalue weighted by molar-refractivity contribution is 7.98. The number of aliphatic carboxylic acids is 1. The normalized spacial score (nSPS) is 14.8. The van der Waals surface area contributed by atoms with Crippen molar-refractivity contribution < 1.29 is 34.2 Å². The largest absolute Gasteiger partial charge is 0.508 e. The maximum Gasteiger partial charge on any atom is 0.326 e. The Hall–Kier alpha value is -3.32. The van der Waals surface area contributed by atoms with Gasteiger partial charge in [0.1, 0.15) is 23.9 Å². The average Bonchev–Trinajstić information content (AvgIpc) is 2.87. The van der Waals surface area contributed by atoms with Crippen LogP contribution in [0.2, 0.25) is 0 Å². The maximum absolute atomic E-state index is 13.3. The van der Waals surface area contributed by atoms with Crippen LogP contribution in [0.15, 0.2) is 24.3 Å². The number of carbonyl (C=O) groups excluding carboxylic acids is 4. The number of carboxylic acid groups (broad SMARTS) is 1. The van der Waals surface area contributed by atoms with E-state index in [-0.39, 0.29) is 37.4 Å². The summed E-state index contributed by atoms with van der Waals surface area (Å²) in [6, 6.07) is 1.59. The molecule has 0 aliphatic heterocycles. The first-order valence-electron chi connectivity index (χ1n) is 12.3. The van der Waals surface area contributed by atoms with Crippen molar-refractivity contribution in [3.63, 3.8) is 0 Å². The number of aromatic hydroxyl groups is 1. The topological polar surface area (TPSA) is 214 Å². The molecule has 12 nitrogen and oxygen atoms in total. The van der Waals surface area contributed by atoms with Gasteiger partial charge in [-0.3, -0.25) is 19.2 Å². The Bertz CT molecular complexity index is 960. The summed E-state index contributed by atoms with van der Waals surface area (Å²) < 4.78 is 0. The lowest BCUT2D eigenvalue weighted by atomic mass is 9.98. The number of thioether (sulfide) groups is 1. The van der Waals surface area contributed by atoms with Gasteiger partial charge in [0, 0.05) is 12.8 Å². The molecule has 0 spiro atoms. The zero-order chi connectivity index (χ0) is 28.8. The minimum absolute atomic E-state index is 0.00597. The molecule has 0 fully saturated rings. The number of nitrogens with one attached hydrogen (secondary N) is 3. The summed E-state index contributed by atoms with van der Waals surface area (Å²) in [4.78, 5) is 61.8. The highest BCUT2D eigenvalue weighted by Crippen LogP contribution is 2.13. The van der Waals surface area contributed by atoms with Crippen molar-refractivity contribution in [2.75, 3.05) is 12.0 Å². The van der Waals surface area contributed by atoms with Gasteiger partial charge in [0.05, 0.1) is 6.04 Å². The van der Waals surface area contributed by atoms with E-state index in [0.717, 1.165) is 0 Å². The zero-order valence-corrected chi connectivity index (χ0v) is 22.8. The van der Waals surface area contributed by atoms with Crippen LogP contribution in [0.5, 0.6) is 5.75 Å². The molecule has 4 amide bonds. The predicted molar refractivity (Wildman–Crippen MR) is 144 cm³/mol. The molecule has 5 atom stereocenters. The zero-order valence-electron chi connectivity index (χ0n) is 21.9. The first kappa shape index (κ1) is 32.7. The highest BCUT2D eigenvalue weighted by Gasteiger charge is 2.32. The van der Waals surface area contributed by atoms with Crippen molar-refractivity contribution in [2.24, 2.45) is 17.4 Å². The van der Waals surface area contributed by atoms with E-state index >= 15 is 0 Å². The fourth-order valence-electron chi connectivity index (χ4n) is 3.50. The lowest BCUT2D eigenvalue weighted by molar-refractivity contribution is -0.143. The molecule has 1 aromatic rings. The number of amides is 4. The highest BCUT2D eigenvalue weighted by atomic mass is 32.2. The van der Waals surface area contributed by atoms with E-state index in [2.05, 4.69) is 16.0 Å². The van der Waals surface area contributed by atoms with Crippen LogP contribution in [0.25, 0.3) is 0 Å². The second-order valence-electron chi connectivity index (χ2n) is 9.10. The SMILES string of the molecule is CCC(C)C(NC(=O)C(Cc1ccc(O)cc1)NC(=O)C(CCSC)NC(=O)C(N)CCC(N)=O)C(=O)O. The average molecular weight is 554 g/mol. The monoisotopic (exact) mass is 553 g/mol. The molecule has 5 unspecified atom stereocenters. The number of phenolic OH excluding ortho intramolecular Hbond substituents is 1. The molecule has 0 aliphatic carbocycles. The Morgan fingerprint density at radius 2 is 1.53 bits per heavy atom. The predicted octanol–water partition coefficient (Wildman–Crippen LogP) is -0.134. The summed E-state index contributed by atoms with van der Waals surface area (Å²) in [7, 11) is 0. The van der Waals surface area contributed by atoms with Crippen LogP contribution in [-0.2, 0) is 30.4 Å². The number of phenols is 1. The summed E-state index contributed by atoms with van der Waals surface area (Å²) in [5, 5.41) is 26.9. The fourth-order valence-corrected chi connectivity index (χ4v) is 3.97. The van der Waals surface area contributed by atoms with E-state index in [9.17, 15) is 34.2 Å². The Morgan fingerprint density at radius 3 is 2.05 bits per heavy atom. The number of carbonyl (C=O) groups is 5. The molecular formula is C25H39N5O7S. The lowest BCUT2D eigenvalue weighted by Crippen LogP contribution is -2.58. The van der Waals surface area contributed by atoms with Crippen LogP contribution in [0.1, 0.15) is 45.1 Å². The molecule has 0 saturated carbocycles. The van der Waals surface area contributed by atoms with Gasteiger partial charge in [-0.25, -0.2) is 4.79 Å². The number of benzene rings is 1. The standard InChI is InChI=1S/C25H39N5O7S/c1-4-14(2)21(25(36)37)30-24(35)19(13-15-5-7-16(31)8-6-15)29-23(34)18(11-12-38-3)28-22(33)17(26)9-10-20(27)32/h5-8,14,17-19,21,31H,4,9-13,26H2,1-3H3,(H2,27,32)(H,28,33)(H,29,34)(H,30,35)(H,36,37). The van der Waals surface area contributed by atoms with Crippen LogP contribution in [0.4, 0.5) is 0 Å². The first-order valence-corrected chi connectivity index (χ1v) is 13.7. The number of nitrogens with two attached hydrogens (primary N) is 2. The smallest absolute Gasteiger partial charge is 0.326 e. The Labute approximate surface area is 226 Å². The number of hydrogen-bond donors (Lipinski definition) is 7. The molecule has 0 bridgehead atoms. The van der Waals surface area contributed by atoms with Gasteiger partial charge >= 0.3 is 5.97 Å². The summed E-state index contributed by atoms with van der Waals surface area (Å²) in [5.74, 6) is -3.63. The van der Waals surface area contributed by atoms with E-state index in [1.807, 2.05) is 6.26 Å². The summed E-state index contributed by atoms with van der Waals surface area (Å²) in [6.07, 6.45) is 2.50. The molecule has 0 aromatic heterocycles. The number of hydrogen-bond acceptors (Lipinski definition) is 8. The molecule has 38 heavy (non-hydrogen) atoms. The molecule has 0 aliphatic rings. The molecule has 1 aromatic carbocycles. The van der Waals surface area contributed by atoms with Crippen LogP contribution in [0.3, 0.4) is 0 Å². The van der Waals surface area contributed by atoms with Crippen molar-refractivity contribution in [1.29, 1.82) is 0 Å². The molecule has 13 heteroatoms. The first-order chi connectivity index (χ1) is 17.9. The van der Waals surface area contributed by atoms with E-state index in [1.165, 1.54) is 23.9 Å². The van der Waals surface area contributed by atoms with Gasteiger partial charge in [0.25, 0.3) is 0 Å². The van der Waals surface area contributed by atoms with Crippen molar-refractivity contribution in [2.45, 2.75) is 70.1 Å². The van der Waals surface area contributed by atoms with E-state index in [0.29, 0.717) is 17.7 Å². The maximum atomic E-state index is 13.3. The lowest BCUT2D eigenvalue weighted by Gasteiger charge is -2.26. The van der Waals surface area contributed by atoms with E-state index in [4.69, 9.17) is 11.5 Å². The Morgan fingerprint density at radius 1 is 0.947 bits per heavy atom. The van der Waals surface area contributed by atoms with Crippen molar-refractivity contribution >= 4 is 41.4 Å². The molecule has 212 valence electrons. The van der Waals surface area contributed by atoms with Gasteiger partial charge in [-0.1, -0.05) is 32.4 Å². The van der Waals surface area contributed by atoms with Gasteiger partial charge in [-0.05, 0) is 48.5 Å². The van der Waals surface area contributed by atoms with Crippen LogP contribution < -0.4 is 27.4 Å². The second kappa shape index (κ2) is 16.5. The third-order valence-electron chi connectivity index (χ3n) is 6.07. The minimum Gasteiger partial charge on any atom is -0.508 e. The number of carboxylic acids is 1. The molecule has 9 N–H and O–H groups in total. The fraction of sp³-hybridized carbons (Fsp3) is 0.560. The van der Waals surface area contributed by atoms with Crippen molar-refractivity contribution in [3.8, 4) is 5.75 Å². The van der Waals surface area contributed by atoms with E-state index < -0.39 is 53.8 Å². The van der Waals surface area contributed by atoms with Crippen LogP contribution in [-0.4, -0.2) is 76.0 Å². The van der Waals surface area contributed by atoms with Gasteiger partial charge in [0.15, 0.2) is 0 Å². The molecule has 0 heterocycles. The molecular weight excluding hydrogens is 514 g/mol. The van der Waals surface area contributed by atoms with E-state index in [1.54, 1.807) is 26.0 Å².